The lowest BCUT2D eigenvalue weighted by Gasteiger charge is -2.05. The fourth-order valence-electron chi connectivity index (χ4n) is 1.11. The van der Waals surface area contributed by atoms with Crippen LogP contribution < -0.4 is 5.32 Å². The summed E-state index contributed by atoms with van der Waals surface area (Å²) in [4.78, 5) is 22.3. The van der Waals surface area contributed by atoms with E-state index in [0.717, 1.165) is 10.0 Å². The Hall–Kier alpha value is -1.16. The zero-order chi connectivity index (χ0) is 11.4. The molecule has 0 unspecified atom stereocenters. The third kappa shape index (κ3) is 3.47. The number of hydrogen-bond donors (Lipinski definition) is 1. The fourth-order valence-corrected chi connectivity index (χ4v) is 1.54. The Morgan fingerprint density at radius 3 is 2.67 bits per heavy atom. The number of halogens is 1. The van der Waals surface area contributed by atoms with Crippen LogP contribution in [0.15, 0.2) is 22.7 Å². The highest BCUT2D eigenvalue weighted by Crippen LogP contribution is 2.17. The van der Waals surface area contributed by atoms with E-state index in [9.17, 15) is 9.59 Å². The summed E-state index contributed by atoms with van der Waals surface area (Å²) in [5, 5.41) is 2.55. The van der Waals surface area contributed by atoms with Crippen LogP contribution in [-0.2, 0) is 4.79 Å². The predicted octanol–water partition coefficient (Wildman–Crippen LogP) is 2.08. The number of ketones is 1. The summed E-state index contributed by atoms with van der Waals surface area (Å²) in [5.74, 6) is -0.298. The zero-order valence-corrected chi connectivity index (χ0v) is 10.2. The first-order valence-electron chi connectivity index (χ1n) is 4.54. The summed E-state index contributed by atoms with van der Waals surface area (Å²) >= 11 is 3.29. The average molecular weight is 270 g/mol. The van der Waals surface area contributed by atoms with E-state index in [4.69, 9.17) is 0 Å². The molecule has 1 aromatic carbocycles. The molecule has 0 aliphatic carbocycles. The molecular formula is C11H12BrNO2. The average Bonchev–Trinajstić information content (AvgIpc) is 2.18. The lowest BCUT2D eigenvalue weighted by molar-refractivity contribution is -0.116. The molecule has 4 heteroatoms. The summed E-state index contributed by atoms with van der Waals surface area (Å²) in [6, 6.07) is 5.50. The lowest BCUT2D eigenvalue weighted by atomic mass is 10.1. The van der Waals surface area contributed by atoms with Crippen molar-refractivity contribution in [1.82, 2.24) is 5.32 Å². The summed E-state index contributed by atoms with van der Waals surface area (Å²) in [6.45, 7) is 3.42. The van der Waals surface area contributed by atoms with Gasteiger partial charge in [0.2, 0.25) is 0 Å². The summed E-state index contributed by atoms with van der Waals surface area (Å²) < 4.78 is 0.731. The van der Waals surface area contributed by atoms with Gasteiger partial charge in [0.25, 0.3) is 5.91 Å². The maximum Gasteiger partial charge on any atom is 0.252 e. The summed E-state index contributed by atoms with van der Waals surface area (Å²) in [6.07, 6.45) is 0. The summed E-state index contributed by atoms with van der Waals surface area (Å²) in [5.41, 5.74) is 1.56. The van der Waals surface area contributed by atoms with E-state index in [-0.39, 0.29) is 18.2 Å². The maximum atomic E-state index is 11.6. The highest BCUT2D eigenvalue weighted by atomic mass is 79.9. The minimum atomic E-state index is -0.235. The highest BCUT2D eigenvalue weighted by molar-refractivity contribution is 9.10. The van der Waals surface area contributed by atoms with Gasteiger partial charge in [-0.25, -0.2) is 0 Å². The van der Waals surface area contributed by atoms with Gasteiger partial charge in [0.1, 0.15) is 5.78 Å². The van der Waals surface area contributed by atoms with E-state index in [1.807, 2.05) is 19.1 Å². The number of amides is 1. The molecule has 0 bridgehead atoms. The molecule has 0 atom stereocenters. The van der Waals surface area contributed by atoms with Crippen LogP contribution in [0.25, 0.3) is 0 Å². The Morgan fingerprint density at radius 1 is 1.40 bits per heavy atom. The largest absolute Gasteiger partial charge is 0.345 e. The molecule has 1 aromatic rings. The van der Waals surface area contributed by atoms with E-state index in [0.29, 0.717) is 5.56 Å². The van der Waals surface area contributed by atoms with Crippen LogP contribution in [0, 0.1) is 6.92 Å². The van der Waals surface area contributed by atoms with Crippen molar-refractivity contribution >= 4 is 27.6 Å². The third-order valence-corrected chi connectivity index (χ3v) is 2.56. The molecule has 0 aromatic heterocycles. The Balaban J connectivity index is 2.81. The number of rotatable bonds is 3. The number of carbonyl (C=O) groups is 2. The number of aryl methyl sites for hydroxylation is 1. The second-order valence-electron chi connectivity index (χ2n) is 3.37. The molecule has 15 heavy (non-hydrogen) atoms. The van der Waals surface area contributed by atoms with E-state index in [1.165, 1.54) is 6.92 Å². The van der Waals surface area contributed by atoms with Crippen molar-refractivity contribution in [3.8, 4) is 0 Å². The van der Waals surface area contributed by atoms with Gasteiger partial charge < -0.3 is 5.32 Å². The Kier molecular flexibility index (Phi) is 4.03. The van der Waals surface area contributed by atoms with Crippen LogP contribution in [-0.4, -0.2) is 18.2 Å². The zero-order valence-electron chi connectivity index (χ0n) is 8.63. The SMILES string of the molecule is CC(=O)CNC(=O)c1cc(C)ccc1Br. The summed E-state index contributed by atoms with van der Waals surface area (Å²) in [7, 11) is 0. The standard InChI is InChI=1S/C11H12BrNO2/c1-7-3-4-10(12)9(5-7)11(15)13-6-8(2)14/h3-5H,6H2,1-2H3,(H,13,15). The van der Waals surface area contributed by atoms with E-state index in [1.54, 1.807) is 6.07 Å². The van der Waals surface area contributed by atoms with Crippen molar-refractivity contribution in [2.45, 2.75) is 13.8 Å². The van der Waals surface area contributed by atoms with E-state index in [2.05, 4.69) is 21.2 Å². The van der Waals surface area contributed by atoms with Gasteiger partial charge in [0, 0.05) is 4.47 Å². The quantitative estimate of drug-likeness (QED) is 0.914. The van der Waals surface area contributed by atoms with E-state index >= 15 is 0 Å². The van der Waals surface area contributed by atoms with Crippen molar-refractivity contribution in [3.05, 3.63) is 33.8 Å². The van der Waals surface area contributed by atoms with Crippen LogP contribution in [0.2, 0.25) is 0 Å². The van der Waals surface area contributed by atoms with Crippen molar-refractivity contribution < 1.29 is 9.59 Å². The lowest BCUT2D eigenvalue weighted by Crippen LogP contribution is -2.28. The molecule has 0 heterocycles. The maximum absolute atomic E-state index is 11.6. The Labute approximate surface area is 97.0 Å². The number of nitrogens with one attached hydrogen (secondary N) is 1. The van der Waals surface area contributed by atoms with Crippen molar-refractivity contribution in [3.63, 3.8) is 0 Å². The number of benzene rings is 1. The molecule has 3 nitrogen and oxygen atoms in total. The van der Waals surface area contributed by atoms with Gasteiger partial charge in [-0.05, 0) is 41.9 Å². The van der Waals surface area contributed by atoms with Crippen LogP contribution >= 0.6 is 15.9 Å². The van der Waals surface area contributed by atoms with Crippen molar-refractivity contribution in [2.75, 3.05) is 6.54 Å². The minimum Gasteiger partial charge on any atom is -0.345 e. The normalized spacial score (nSPS) is 9.80. The second kappa shape index (κ2) is 5.07. The number of Topliss-reactive ketones (excluding diaryl/α,β-unsaturated/α-hetero) is 1. The minimum absolute atomic E-state index is 0.0628. The molecule has 1 rings (SSSR count). The first-order valence-corrected chi connectivity index (χ1v) is 5.34. The molecule has 0 saturated carbocycles. The monoisotopic (exact) mass is 269 g/mol. The van der Waals surface area contributed by atoms with E-state index < -0.39 is 0 Å². The molecule has 1 N–H and O–H groups in total. The molecule has 0 radical (unpaired) electrons. The molecule has 0 fully saturated rings. The second-order valence-corrected chi connectivity index (χ2v) is 4.22. The van der Waals surface area contributed by atoms with Gasteiger partial charge in [-0.3, -0.25) is 9.59 Å². The predicted molar refractivity (Wildman–Crippen MR) is 61.9 cm³/mol. The van der Waals surface area contributed by atoms with Crippen molar-refractivity contribution in [1.29, 1.82) is 0 Å². The van der Waals surface area contributed by atoms with Gasteiger partial charge >= 0.3 is 0 Å². The van der Waals surface area contributed by atoms with Gasteiger partial charge in [-0.2, -0.15) is 0 Å². The molecule has 0 aliphatic heterocycles. The van der Waals surface area contributed by atoms with Crippen LogP contribution in [0.3, 0.4) is 0 Å². The van der Waals surface area contributed by atoms with Gasteiger partial charge in [-0.15, -0.1) is 0 Å². The molecule has 0 spiro atoms. The molecule has 0 saturated heterocycles. The smallest absolute Gasteiger partial charge is 0.252 e. The first-order chi connectivity index (χ1) is 7.00. The van der Waals surface area contributed by atoms with Crippen LogP contribution in [0.4, 0.5) is 0 Å². The molecular weight excluding hydrogens is 258 g/mol. The third-order valence-electron chi connectivity index (χ3n) is 1.86. The topological polar surface area (TPSA) is 46.2 Å². The fraction of sp³-hybridized carbons (Fsp3) is 0.273. The van der Waals surface area contributed by atoms with Crippen LogP contribution in [0.1, 0.15) is 22.8 Å². The molecule has 0 aliphatic rings. The highest BCUT2D eigenvalue weighted by Gasteiger charge is 2.09. The molecule has 80 valence electrons. The van der Waals surface area contributed by atoms with Gasteiger partial charge in [-0.1, -0.05) is 11.6 Å². The van der Waals surface area contributed by atoms with Crippen molar-refractivity contribution in [2.24, 2.45) is 0 Å². The molecule has 1 amide bonds. The Bertz CT molecular complexity index is 402. The number of hydrogen-bond acceptors (Lipinski definition) is 2. The first kappa shape index (κ1) is 11.9. The van der Waals surface area contributed by atoms with Gasteiger partial charge in [0.15, 0.2) is 0 Å². The van der Waals surface area contributed by atoms with Crippen LogP contribution in [0.5, 0.6) is 0 Å². The Morgan fingerprint density at radius 2 is 2.07 bits per heavy atom. The van der Waals surface area contributed by atoms with Gasteiger partial charge in [0.05, 0.1) is 12.1 Å². The number of carbonyl (C=O) groups excluding carboxylic acids is 2.